The fourth-order valence-corrected chi connectivity index (χ4v) is 3.21. The molecule has 4 rings (SSSR count). The number of furan rings is 1. The number of carbonyl (C=O) groups is 2. The van der Waals surface area contributed by atoms with Gasteiger partial charge in [-0.05, 0) is 25.1 Å². The first-order valence-corrected chi connectivity index (χ1v) is 8.64. The second-order valence-corrected chi connectivity index (χ2v) is 6.41. The summed E-state index contributed by atoms with van der Waals surface area (Å²) in [6.07, 6.45) is 0.861. The van der Waals surface area contributed by atoms with Gasteiger partial charge in [-0.15, -0.1) is 0 Å². The molecule has 1 atom stereocenters. The van der Waals surface area contributed by atoms with E-state index in [4.69, 9.17) is 13.9 Å². The molecular formula is C19H20N2O5. The number of piperazine rings is 1. The van der Waals surface area contributed by atoms with E-state index in [2.05, 4.69) is 0 Å². The van der Waals surface area contributed by atoms with E-state index in [-0.39, 0.29) is 18.4 Å². The van der Waals surface area contributed by atoms with E-state index >= 15 is 0 Å². The molecule has 2 aromatic rings. The van der Waals surface area contributed by atoms with Crippen molar-refractivity contribution in [1.82, 2.24) is 9.80 Å². The molecule has 1 saturated heterocycles. The minimum Gasteiger partial charge on any atom is -0.485 e. The summed E-state index contributed by atoms with van der Waals surface area (Å²) in [4.78, 5) is 28.6. The largest absolute Gasteiger partial charge is 0.485 e. The number of ether oxygens (including phenoxy) is 2. The highest BCUT2D eigenvalue weighted by atomic mass is 16.6. The van der Waals surface area contributed by atoms with Crippen LogP contribution in [-0.4, -0.2) is 60.5 Å². The van der Waals surface area contributed by atoms with Gasteiger partial charge in [0.2, 0.25) is 6.10 Å². The number of fused-ring (bicyclic) bond motifs is 1. The molecule has 0 N–H and O–H groups in total. The minimum absolute atomic E-state index is 0.110. The minimum atomic E-state index is -0.653. The molecular weight excluding hydrogens is 336 g/mol. The summed E-state index contributed by atoms with van der Waals surface area (Å²) in [6, 6.07) is 9.08. The van der Waals surface area contributed by atoms with Gasteiger partial charge in [0.25, 0.3) is 11.8 Å². The fourth-order valence-electron chi connectivity index (χ4n) is 3.21. The van der Waals surface area contributed by atoms with Crippen LogP contribution >= 0.6 is 0 Å². The van der Waals surface area contributed by atoms with E-state index in [1.165, 1.54) is 6.26 Å². The quantitative estimate of drug-likeness (QED) is 0.819. The molecule has 3 heterocycles. The highest BCUT2D eigenvalue weighted by molar-refractivity contribution is 5.93. The molecule has 2 amide bonds. The zero-order valence-electron chi connectivity index (χ0n) is 14.5. The van der Waals surface area contributed by atoms with Crippen LogP contribution in [0.15, 0.2) is 41.0 Å². The first-order chi connectivity index (χ1) is 12.6. The number of amides is 2. The summed E-state index contributed by atoms with van der Waals surface area (Å²) in [5.74, 6) is 1.36. The standard InChI is InChI=1S/C19H20N2O5/c1-13-6-11-24-17(13)19(23)21-9-7-20(8-10-21)18(22)16-12-25-14-4-2-3-5-15(14)26-16/h2-6,11,16H,7-10,12H2,1H3/t16-/m1/s1. The van der Waals surface area contributed by atoms with Gasteiger partial charge in [0, 0.05) is 31.7 Å². The summed E-state index contributed by atoms with van der Waals surface area (Å²) < 4.78 is 16.7. The number of para-hydroxylation sites is 2. The van der Waals surface area contributed by atoms with Crippen LogP contribution in [0.2, 0.25) is 0 Å². The molecule has 1 aromatic carbocycles. The normalized spacial score (nSPS) is 19.3. The van der Waals surface area contributed by atoms with Crippen molar-refractivity contribution in [1.29, 1.82) is 0 Å². The zero-order chi connectivity index (χ0) is 18.1. The average molecular weight is 356 g/mol. The third kappa shape index (κ3) is 3.00. The molecule has 0 unspecified atom stereocenters. The Labute approximate surface area is 151 Å². The Balaban J connectivity index is 1.36. The molecule has 2 aliphatic heterocycles. The van der Waals surface area contributed by atoms with Crippen LogP contribution in [0.4, 0.5) is 0 Å². The van der Waals surface area contributed by atoms with Crippen LogP contribution in [0.5, 0.6) is 11.5 Å². The number of nitrogens with zero attached hydrogens (tertiary/aromatic N) is 2. The van der Waals surface area contributed by atoms with E-state index in [0.29, 0.717) is 43.4 Å². The number of hydrogen-bond acceptors (Lipinski definition) is 5. The first-order valence-electron chi connectivity index (χ1n) is 8.64. The van der Waals surface area contributed by atoms with Crippen molar-refractivity contribution >= 4 is 11.8 Å². The lowest BCUT2D eigenvalue weighted by Crippen LogP contribution is -2.55. The Bertz CT molecular complexity index is 823. The van der Waals surface area contributed by atoms with Gasteiger partial charge in [-0.3, -0.25) is 9.59 Å². The molecule has 0 aliphatic carbocycles. The lowest BCUT2D eigenvalue weighted by molar-refractivity contribution is -0.142. The fraction of sp³-hybridized carbons (Fsp3) is 0.368. The van der Waals surface area contributed by atoms with Crippen molar-refractivity contribution in [2.24, 2.45) is 0 Å². The van der Waals surface area contributed by atoms with Gasteiger partial charge in [0.1, 0.15) is 6.61 Å². The third-order valence-corrected chi connectivity index (χ3v) is 4.72. The van der Waals surface area contributed by atoms with Crippen LogP contribution < -0.4 is 9.47 Å². The number of rotatable bonds is 2. The predicted molar refractivity (Wildman–Crippen MR) is 92.3 cm³/mol. The molecule has 0 saturated carbocycles. The highest BCUT2D eigenvalue weighted by Gasteiger charge is 2.34. The summed E-state index contributed by atoms with van der Waals surface area (Å²) in [5.41, 5.74) is 0.819. The predicted octanol–water partition coefficient (Wildman–Crippen LogP) is 1.71. The SMILES string of the molecule is Cc1ccoc1C(=O)N1CCN(C(=O)[C@H]2COc3ccccc3O2)CC1. The molecule has 0 spiro atoms. The Morgan fingerprint density at radius 1 is 1.00 bits per heavy atom. The van der Waals surface area contributed by atoms with E-state index in [0.717, 1.165) is 5.56 Å². The lowest BCUT2D eigenvalue weighted by Gasteiger charge is -2.36. The number of benzene rings is 1. The van der Waals surface area contributed by atoms with Crippen molar-refractivity contribution in [3.05, 3.63) is 47.9 Å². The number of hydrogen-bond donors (Lipinski definition) is 0. The maximum absolute atomic E-state index is 12.7. The van der Waals surface area contributed by atoms with Crippen molar-refractivity contribution in [2.75, 3.05) is 32.8 Å². The monoisotopic (exact) mass is 356 g/mol. The van der Waals surface area contributed by atoms with E-state index in [1.807, 2.05) is 25.1 Å². The number of carbonyl (C=O) groups excluding carboxylic acids is 2. The summed E-state index contributed by atoms with van der Waals surface area (Å²) in [7, 11) is 0. The smallest absolute Gasteiger partial charge is 0.289 e. The summed E-state index contributed by atoms with van der Waals surface area (Å²) >= 11 is 0. The van der Waals surface area contributed by atoms with Crippen LogP contribution in [-0.2, 0) is 4.79 Å². The summed E-state index contributed by atoms with van der Waals surface area (Å²) in [6.45, 7) is 3.90. The van der Waals surface area contributed by atoms with Gasteiger partial charge in [0.05, 0.1) is 6.26 Å². The third-order valence-electron chi connectivity index (χ3n) is 4.72. The van der Waals surface area contributed by atoms with Crippen LogP contribution in [0.25, 0.3) is 0 Å². The van der Waals surface area contributed by atoms with Gasteiger partial charge < -0.3 is 23.7 Å². The Morgan fingerprint density at radius 3 is 2.38 bits per heavy atom. The van der Waals surface area contributed by atoms with Crippen molar-refractivity contribution in [3.8, 4) is 11.5 Å². The molecule has 136 valence electrons. The van der Waals surface area contributed by atoms with Crippen molar-refractivity contribution < 1.29 is 23.5 Å². The zero-order valence-corrected chi connectivity index (χ0v) is 14.5. The van der Waals surface area contributed by atoms with Crippen LogP contribution in [0.1, 0.15) is 16.1 Å². The van der Waals surface area contributed by atoms with Gasteiger partial charge in [0.15, 0.2) is 17.3 Å². The van der Waals surface area contributed by atoms with Gasteiger partial charge in [-0.2, -0.15) is 0 Å². The molecule has 7 nitrogen and oxygen atoms in total. The average Bonchev–Trinajstić information content (AvgIpc) is 3.12. The van der Waals surface area contributed by atoms with Crippen molar-refractivity contribution in [2.45, 2.75) is 13.0 Å². The Morgan fingerprint density at radius 2 is 1.69 bits per heavy atom. The van der Waals surface area contributed by atoms with Gasteiger partial charge in [-0.25, -0.2) is 0 Å². The number of aryl methyl sites for hydroxylation is 1. The topological polar surface area (TPSA) is 72.2 Å². The van der Waals surface area contributed by atoms with Crippen LogP contribution in [0, 0.1) is 6.92 Å². The Kier molecular flexibility index (Phi) is 4.28. The molecule has 26 heavy (non-hydrogen) atoms. The van der Waals surface area contributed by atoms with Crippen LogP contribution in [0.3, 0.4) is 0 Å². The second-order valence-electron chi connectivity index (χ2n) is 6.41. The van der Waals surface area contributed by atoms with Crippen molar-refractivity contribution in [3.63, 3.8) is 0 Å². The molecule has 2 aliphatic rings. The molecule has 0 radical (unpaired) electrons. The highest BCUT2D eigenvalue weighted by Crippen LogP contribution is 2.31. The first kappa shape index (κ1) is 16.5. The van der Waals surface area contributed by atoms with E-state index in [9.17, 15) is 9.59 Å². The summed E-state index contributed by atoms with van der Waals surface area (Å²) in [5, 5.41) is 0. The second kappa shape index (κ2) is 6.74. The molecule has 0 bridgehead atoms. The maximum Gasteiger partial charge on any atom is 0.289 e. The molecule has 1 aromatic heterocycles. The Hall–Kier alpha value is -2.96. The molecule has 1 fully saturated rings. The molecule has 7 heteroatoms. The van der Waals surface area contributed by atoms with E-state index in [1.54, 1.807) is 21.9 Å². The van der Waals surface area contributed by atoms with E-state index < -0.39 is 6.10 Å². The lowest BCUT2D eigenvalue weighted by atomic mass is 10.2. The maximum atomic E-state index is 12.7. The van der Waals surface area contributed by atoms with Gasteiger partial charge in [-0.1, -0.05) is 12.1 Å². The van der Waals surface area contributed by atoms with Gasteiger partial charge >= 0.3 is 0 Å².